The molecule has 16 heavy (non-hydrogen) atoms. The number of hydrogen-bond donors (Lipinski definition) is 2. The summed E-state index contributed by atoms with van der Waals surface area (Å²) >= 11 is 1.77. The Balaban J connectivity index is 1.94. The van der Waals surface area contributed by atoms with E-state index in [0.29, 0.717) is 0 Å². The van der Waals surface area contributed by atoms with Crippen LogP contribution in [0.2, 0.25) is 0 Å². The molecular formula is C13H20N2S. The van der Waals surface area contributed by atoms with Gasteiger partial charge in [-0.15, -0.1) is 11.8 Å². The van der Waals surface area contributed by atoms with E-state index in [9.17, 15) is 0 Å². The van der Waals surface area contributed by atoms with Gasteiger partial charge in [0.05, 0.1) is 0 Å². The lowest BCUT2D eigenvalue weighted by molar-refractivity contribution is 0.473. The highest BCUT2D eigenvalue weighted by Gasteiger charge is 2.18. The quantitative estimate of drug-likeness (QED) is 0.788. The number of thioether (sulfide) groups is 1. The van der Waals surface area contributed by atoms with E-state index in [1.165, 1.54) is 16.9 Å². The molecule has 1 fully saturated rings. The summed E-state index contributed by atoms with van der Waals surface area (Å²) in [5.41, 5.74) is 7.50. The zero-order chi connectivity index (χ0) is 11.4. The van der Waals surface area contributed by atoms with Gasteiger partial charge in [0.1, 0.15) is 0 Å². The van der Waals surface area contributed by atoms with Crippen molar-refractivity contribution in [3.8, 4) is 0 Å². The van der Waals surface area contributed by atoms with Gasteiger partial charge < -0.3 is 11.1 Å². The standard InChI is InChI=1S/C13H20N2S/c1-16-12-4-2-11(3-5-12)13(14)8-10-6-7-15-9-10/h2-5,10,13,15H,6-9,14H2,1H3. The Morgan fingerprint density at radius 2 is 2.19 bits per heavy atom. The van der Waals surface area contributed by atoms with Crippen LogP contribution < -0.4 is 11.1 Å². The third-order valence-corrected chi connectivity index (χ3v) is 4.04. The minimum Gasteiger partial charge on any atom is -0.324 e. The minimum absolute atomic E-state index is 0.195. The molecule has 0 aromatic heterocycles. The molecule has 3 heteroatoms. The van der Waals surface area contributed by atoms with E-state index in [-0.39, 0.29) is 6.04 Å². The topological polar surface area (TPSA) is 38.0 Å². The zero-order valence-corrected chi connectivity index (χ0v) is 10.6. The van der Waals surface area contributed by atoms with Crippen LogP contribution in [-0.4, -0.2) is 19.3 Å². The van der Waals surface area contributed by atoms with Crippen molar-refractivity contribution in [3.05, 3.63) is 29.8 Å². The Kier molecular flexibility index (Phi) is 4.27. The third kappa shape index (κ3) is 3.00. The van der Waals surface area contributed by atoms with Crippen molar-refractivity contribution in [1.82, 2.24) is 5.32 Å². The molecule has 1 aromatic rings. The maximum absolute atomic E-state index is 6.23. The smallest absolute Gasteiger partial charge is 0.0297 e. The number of benzene rings is 1. The lowest BCUT2D eigenvalue weighted by Gasteiger charge is -2.16. The van der Waals surface area contributed by atoms with Crippen LogP contribution in [0.3, 0.4) is 0 Å². The van der Waals surface area contributed by atoms with E-state index in [0.717, 1.165) is 25.4 Å². The Hall–Kier alpha value is -0.510. The Bertz CT molecular complexity index is 317. The van der Waals surface area contributed by atoms with Crippen molar-refractivity contribution in [1.29, 1.82) is 0 Å². The van der Waals surface area contributed by atoms with Gasteiger partial charge in [0, 0.05) is 10.9 Å². The minimum atomic E-state index is 0.195. The summed E-state index contributed by atoms with van der Waals surface area (Å²) in [6.07, 6.45) is 4.47. The van der Waals surface area contributed by atoms with Gasteiger partial charge in [0.2, 0.25) is 0 Å². The van der Waals surface area contributed by atoms with Crippen molar-refractivity contribution >= 4 is 11.8 Å². The van der Waals surface area contributed by atoms with E-state index >= 15 is 0 Å². The molecule has 0 radical (unpaired) electrons. The summed E-state index contributed by atoms with van der Waals surface area (Å²) in [4.78, 5) is 1.30. The van der Waals surface area contributed by atoms with Gasteiger partial charge in [-0.3, -0.25) is 0 Å². The Morgan fingerprint density at radius 3 is 2.75 bits per heavy atom. The van der Waals surface area contributed by atoms with Crippen molar-refractivity contribution in [2.24, 2.45) is 11.7 Å². The van der Waals surface area contributed by atoms with Crippen LogP contribution in [0.4, 0.5) is 0 Å². The van der Waals surface area contributed by atoms with Crippen LogP contribution >= 0.6 is 11.8 Å². The number of rotatable bonds is 4. The lowest BCUT2D eigenvalue weighted by Crippen LogP contribution is -2.17. The van der Waals surface area contributed by atoms with Gasteiger partial charge in [0.15, 0.2) is 0 Å². The molecule has 0 amide bonds. The fourth-order valence-electron chi connectivity index (χ4n) is 2.26. The molecule has 2 rings (SSSR count). The summed E-state index contributed by atoms with van der Waals surface area (Å²) in [6, 6.07) is 8.85. The van der Waals surface area contributed by atoms with Crippen LogP contribution in [0.5, 0.6) is 0 Å². The van der Waals surface area contributed by atoms with E-state index in [2.05, 4.69) is 35.8 Å². The van der Waals surface area contributed by atoms with E-state index < -0.39 is 0 Å². The van der Waals surface area contributed by atoms with Gasteiger partial charge in [-0.1, -0.05) is 12.1 Å². The predicted molar refractivity (Wildman–Crippen MR) is 70.7 cm³/mol. The van der Waals surface area contributed by atoms with Crippen LogP contribution in [-0.2, 0) is 0 Å². The molecule has 0 bridgehead atoms. The van der Waals surface area contributed by atoms with Gasteiger partial charge in [-0.05, 0) is 55.8 Å². The van der Waals surface area contributed by atoms with E-state index in [1.807, 2.05) is 0 Å². The third-order valence-electron chi connectivity index (χ3n) is 3.29. The molecule has 1 heterocycles. The van der Waals surface area contributed by atoms with Crippen molar-refractivity contribution < 1.29 is 0 Å². The average molecular weight is 236 g/mol. The van der Waals surface area contributed by atoms with Crippen LogP contribution in [0.15, 0.2) is 29.2 Å². The Labute approximate surface area is 102 Å². The molecule has 2 unspecified atom stereocenters. The van der Waals surface area contributed by atoms with E-state index in [4.69, 9.17) is 5.73 Å². The second kappa shape index (κ2) is 5.71. The maximum Gasteiger partial charge on any atom is 0.0297 e. The number of nitrogens with two attached hydrogens (primary N) is 1. The fraction of sp³-hybridized carbons (Fsp3) is 0.538. The number of nitrogens with one attached hydrogen (secondary N) is 1. The molecule has 0 saturated carbocycles. The number of hydrogen-bond acceptors (Lipinski definition) is 3. The Morgan fingerprint density at radius 1 is 1.44 bits per heavy atom. The van der Waals surface area contributed by atoms with Crippen molar-refractivity contribution in [3.63, 3.8) is 0 Å². The van der Waals surface area contributed by atoms with Gasteiger partial charge >= 0.3 is 0 Å². The molecule has 0 aliphatic carbocycles. The highest BCUT2D eigenvalue weighted by atomic mass is 32.2. The van der Waals surface area contributed by atoms with Gasteiger partial charge in [0.25, 0.3) is 0 Å². The summed E-state index contributed by atoms with van der Waals surface area (Å²) in [7, 11) is 0. The molecule has 88 valence electrons. The molecule has 3 N–H and O–H groups in total. The normalized spacial score (nSPS) is 22.2. The molecule has 1 aromatic carbocycles. The van der Waals surface area contributed by atoms with Gasteiger partial charge in [-0.25, -0.2) is 0 Å². The first kappa shape index (κ1) is 12.0. The average Bonchev–Trinajstić information content (AvgIpc) is 2.82. The van der Waals surface area contributed by atoms with E-state index in [1.54, 1.807) is 11.8 Å². The first-order valence-corrected chi connectivity index (χ1v) is 7.12. The fourth-order valence-corrected chi connectivity index (χ4v) is 2.67. The lowest BCUT2D eigenvalue weighted by atomic mass is 9.95. The molecule has 1 aliphatic rings. The summed E-state index contributed by atoms with van der Waals surface area (Å²) in [5.74, 6) is 0.759. The SMILES string of the molecule is CSc1ccc(C(N)CC2CCNC2)cc1. The highest BCUT2D eigenvalue weighted by Crippen LogP contribution is 2.24. The van der Waals surface area contributed by atoms with Gasteiger partial charge in [-0.2, -0.15) is 0 Å². The second-order valence-corrected chi connectivity index (χ2v) is 5.35. The first-order chi connectivity index (χ1) is 7.79. The summed E-state index contributed by atoms with van der Waals surface area (Å²) < 4.78 is 0. The molecule has 1 aliphatic heterocycles. The molecule has 1 saturated heterocycles. The highest BCUT2D eigenvalue weighted by molar-refractivity contribution is 7.98. The van der Waals surface area contributed by atoms with Crippen LogP contribution in [0.25, 0.3) is 0 Å². The van der Waals surface area contributed by atoms with Crippen LogP contribution in [0, 0.1) is 5.92 Å². The predicted octanol–water partition coefficient (Wildman–Crippen LogP) is 2.41. The molecule has 2 atom stereocenters. The van der Waals surface area contributed by atoms with Crippen molar-refractivity contribution in [2.75, 3.05) is 19.3 Å². The van der Waals surface area contributed by atoms with Crippen molar-refractivity contribution in [2.45, 2.75) is 23.8 Å². The monoisotopic (exact) mass is 236 g/mol. The first-order valence-electron chi connectivity index (χ1n) is 5.90. The summed E-state index contributed by atoms with van der Waals surface area (Å²) in [6.45, 7) is 2.29. The molecular weight excluding hydrogens is 216 g/mol. The second-order valence-electron chi connectivity index (χ2n) is 4.47. The molecule has 2 nitrogen and oxygen atoms in total. The zero-order valence-electron chi connectivity index (χ0n) is 9.78. The largest absolute Gasteiger partial charge is 0.324 e. The van der Waals surface area contributed by atoms with Crippen LogP contribution in [0.1, 0.15) is 24.4 Å². The maximum atomic E-state index is 6.23. The molecule has 0 spiro atoms. The summed E-state index contributed by atoms with van der Waals surface area (Å²) in [5, 5.41) is 3.39.